The highest BCUT2D eigenvalue weighted by atomic mass is 16.1. The van der Waals surface area contributed by atoms with Crippen LogP contribution in [0.5, 0.6) is 0 Å². The van der Waals surface area contributed by atoms with E-state index < -0.39 is 0 Å². The second-order valence-electron chi connectivity index (χ2n) is 5.84. The average Bonchev–Trinajstić information content (AvgIpc) is 3.01. The van der Waals surface area contributed by atoms with Crippen molar-refractivity contribution in [3.05, 3.63) is 52.5 Å². The molecule has 0 radical (unpaired) electrons. The number of piperidine rings is 1. The van der Waals surface area contributed by atoms with Gasteiger partial charge >= 0.3 is 0 Å². The number of aromatic nitrogens is 5. The van der Waals surface area contributed by atoms with Crippen LogP contribution in [0.3, 0.4) is 0 Å². The lowest BCUT2D eigenvalue weighted by Gasteiger charge is -2.23. The molecule has 118 valence electrons. The van der Waals surface area contributed by atoms with Crippen LogP contribution >= 0.6 is 0 Å². The van der Waals surface area contributed by atoms with E-state index in [0.717, 1.165) is 31.6 Å². The van der Waals surface area contributed by atoms with Crippen LogP contribution in [0.2, 0.25) is 0 Å². The largest absolute Gasteiger partial charge is 0.315 e. The maximum atomic E-state index is 12.3. The fourth-order valence-electron chi connectivity index (χ4n) is 3.05. The normalized spacial score (nSPS) is 18.3. The molecule has 1 unspecified atom stereocenters. The number of aromatic amines is 1. The molecular weight excluding hydrogens is 292 g/mol. The molecule has 7 heteroatoms. The minimum atomic E-state index is -0.143. The molecule has 3 aromatic rings. The average molecular weight is 310 g/mol. The summed E-state index contributed by atoms with van der Waals surface area (Å²) in [6.45, 7) is 1.90. The molecule has 0 aliphatic carbocycles. The Morgan fingerprint density at radius 2 is 2.30 bits per heavy atom. The maximum Gasteiger partial charge on any atom is 0.262 e. The first-order chi connectivity index (χ1) is 11.3. The first-order valence-electron chi connectivity index (χ1n) is 7.88. The topological polar surface area (TPSA) is 88.5 Å². The summed E-state index contributed by atoms with van der Waals surface area (Å²) in [6, 6.07) is 5.97. The van der Waals surface area contributed by atoms with Crippen LogP contribution in [0.15, 0.2) is 35.4 Å². The van der Waals surface area contributed by atoms with Gasteiger partial charge in [-0.15, -0.1) is 0 Å². The molecule has 1 aliphatic rings. The second kappa shape index (κ2) is 5.92. The molecule has 0 spiro atoms. The number of fused-ring (bicyclic) bond motifs is 1. The molecule has 3 aromatic heterocycles. The van der Waals surface area contributed by atoms with Crippen molar-refractivity contribution in [1.29, 1.82) is 0 Å². The van der Waals surface area contributed by atoms with Gasteiger partial charge < -0.3 is 10.3 Å². The molecule has 0 amide bonds. The number of hydrogen-bond acceptors (Lipinski definition) is 5. The lowest BCUT2D eigenvalue weighted by molar-refractivity contribution is 0.353. The van der Waals surface area contributed by atoms with Crippen molar-refractivity contribution in [3.63, 3.8) is 0 Å². The third-order valence-corrected chi connectivity index (χ3v) is 4.20. The van der Waals surface area contributed by atoms with Crippen LogP contribution < -0.4 is 10.9 Å². The predicted octanol–water partition coefficient (Wildman–Crippen LogP) is 1.03. The Labute approximate surface area is 132 Å². The van der Waals surface area contributed by atoms with Crippen LogP contribution in [-0.4, -0.2) is 37.8 Å². The van der Waals surface area contributed by atoms with Gasteiger partial charge in [-0.1, -0.05) is 6.07 Å². The first-order valence-corrected chi connectivity index (χ1v) is 7.88. The highest BCUT2D eigenvalue weighted by molar-refractivity contribution is 5.73. The zero-order chi connectivity index (χ0) is 15.6. The fraction of sp³-hybridized carbons (Fsp3) is 0.375. The highest BCUT2D eigenvalue weighted by Crippen LogP contribution is 2.19. The third-order valence-electron chi connectivity index (χ3n) is 4.20. The summed E-state index contributed by atoms with van der Waals surface area (Å²) in [6.07, 6.45) is 6.01. The molecule has 23 heavy (non-hydrogen) atoms. The van der Waals surface area contributed by atoms with Crippen LogP contribution in [0, 0.1) is 0 Å². The summed E-state index contributed by atoms with van der Waals surface area (Å²) in [5.74, 6) is 0.617. The Hall–Kier alpha value is -2.54. The number of nitrogens with one attached hydrogen (secondary N) is 2. The molecule has 1 saturated heterocycles. The summed E-state index contributed by atoms with van der Waals surface area (Å²) in [5, 5.41) is 8.32. The van der Waals surface area contributed by atoms with Gasteiger partial charge in [-0.3, -0.25) is 9.78 Å². The van der Waals surface area contributed by atoms with Gasteiger partial charge in [0.05, 0.1) is 12.2 Å². The third kappa shape index (κ3) is 2.75. The number of hydrogen-bond donors (Lipinski definition) is 2. The summed E-state index contributed by atoms with van der Waals surface area (Å²) in [7, 11) is 0. The van der Waals surface area contributed by atoms with Crippen LogP contribution in [0.25, 0.3) is 11.0 Å². The van der Waals surface area contributed by atoms with E-state index in [1.54, 1.807) is 12.4 Å². The minimum Gasteiger partial charge on any atom is -0.315 e. The fourth-order valence-corrected chi connectivity index (χ4v) is 3.05. The van der Waals surface area contributed by atoms with Gasteiger partial charge in [0.2, 0.25) is 0 Å². The first kappa shape index (κ1) is 14.1. The van der Waals surface area contributed by atoms with Crippen molar-refractivity contribution < 1.29 is 0 Å². The Balaban J connectivity index is 1.74. The lowest BCUT2D eigenvalue weighted by atomic mass is 10.1. The summed E-state index contributed by atoms with van der Waals surface area (Å²) >= 11 is 0. The second-order valence-corrected chi connectivity index (χ2v) is 5.84. The quantitative estimate of drug-likeness (QED) is 0.754. The molecule has 0 saturated carbocycles. The van der Waals surface area contributed by atoms with Gasteiger partial charge in [-0.05, 0) is 31.5 Å². The standard InChI is InChI=1S/C16H18N6O/c23-16-13-10-19-22(12-5-3-6-17-9-12)15(13)20-14(21-16)8-11-4-1-2-7-18-11/h1-2,4,7,10,12,17H,3,5-6,8-9H2,(H,20,21,23). The molecule has 4 heterocycles. The SMILES string of the molecule is O=c1[nH]c(Cc2ccccn2)nc2c1cnn2C1CCCNC1. The minimum absolute atomic E-state index is 0.143. The molecule has 1 aliphatic heterocycles. The van der Waals surface area contributed by atoms with E-state index in [2.05, 4.69) is 25.4 Å². The lowest BCUT2D eigenvalue weighted by Crippen LogP contribution is -2.32. The Morgan fingerprint density at radius 1 is 1.35 bits per heavy atom. The van der Waals surface area contributed by atoms with E-state index in [1.165, 1.54) is 0 Å². The van der Waals surface area contributed by atoms with Gasteiger partial charge in [0.25, 0.3) is 5.56 Å². The van der Waals surface area contributed by atoms with Crippen molar-refractivity contribution in [2.75, 3.05) is 13.1 Å². The number of nitrogens with zero attached hydrogens (tertiary/aromatic N) is 4. The Morgan fingerprint density at radius 3 is 3.09 bits per heavy atom. The zero-order valence-corrected chi connectivity index (χ0v) is 12.7. The zero-order valence-electron chi connectivity index (χ0n) is 12.7. The molecule has 1 atom stereocenters. The summed E-state index contributed by atoms with van der Waals surface area (Å²) < 4.78 is 1.89. The number of H-pyrrole nitrogens is 1. The van der Waals surface area contributed by atoms with Crippen LogP contribution in [0.1, 0.15) is 30.4 Å². The van der Waals surface area contributed by atoms with E-state index in [1.807, 2.05) is 22.9 Å². The van der Waals surface area contributed by atoms with Gasteiger partial charge in [0.15, 0.2) is 5.65 Å². The van der Waals surface area contributed by atoms with E-state index in [9.17, 15) is 4.79 Å². The molecule has 7 nitrogen and oxygen atoms in total. The van der Waals surface area contributed by atoms with Crippen molar-refractivity contribution >= 4 is 11.0 Å². The smallest absolute Gasteiger partial charge is 0.262 e. The molecule has 2 N–H and O–H groups in total. The van der Waals surface area contributed by atoms with E-state index in [0.29, 0.717) is 23.3 Å². The summed E-state index contributed by atoms with van der Waals surface area (Å²) in [5.41, 5.74) is 1.39. The predicted molar refractivity (Wildman–Crippen MR) is 86.3 cm³/mol. The van der Waals surface area contributed by atoms with Crippen LogP contribution in [-0.2, 0) is 6.42 Å². The van der Waals surface area contributed by atoms with Gasteiger partial charge in [-0.25, -0.2) is 9.67 Å². The maximum absolute atomic E-state index is 12.3. The van der Waals surface area contributed by atoms with Gasteiger partial charge in [0.1, 0.15) is 11.2 Å². The van der Waals surface area contributed by atoms with Crippen molar-refractivity contribution in [1.82, 2.24) is 30.0 Å². The molecular formula is C16H18N6O. The molecule has 1 fully saturated rings. The van der Waals surface area contributed by atoms with Gasteiger partial charge in [-0.2, -0.15) is 5.10 Å². The van der Waals surface area contributed by atoms with E-state index in [-0.39, 0.29) is 11.6 Å². The molecule has 0 aromatic carbocycles. The van der Waals surface area contributed by atoms with Crippen molar-refractivity contribution in [3.8, 4) is 0 Å². The Kier molecular flexibility index (Phi) is 3.63. The van der Waals surface area contributed by atoms with E-state index in [4.69, 9.17) is 0 Å². The van der Waals surface area contributed by atoms with Gasteiger partial charge in [0, 0.05) is 24.9 Å². The Bertz CT molecular complexity index is 863. The molecule has 4 rings (SSSR count). The van der Waals surface area contributed by atoms with E-state index >= 15 is 0 Å². The van der Waals surface area contributed by atoms with Crippen molar-refractivity contribution in [2.45, 2.75) is 25.3 Å². The monoisotopic (exact) mass is 310 g/mol. The number of pyridine rings is 1. The van der Waals surface area contributed by atoms with Crippen LogP contribution in [0.4, 0.5) is 0 Å². The number of rotatable bonds is 3. The molecule has 0 bridgehead atoms. The highest BCUT2D eigenvalue weighted by Gasteiger charge is 2.20. The van der Waals surface area contributed by atoms with Crippen molar-refractivity contribution in [2.24, 2.45) is 0 Å². The summed E-state index contributed by atoms with van der Waals surface area (Å²) in [4.78, 5) is 24.1.